The molecule has 0 radical (unpaired) electrons. The molecule has 1 saturated heterocycles. The molecular weight excluding hydrogens is 316 g/mol. The molecule has 25 heavy (non-hydrogen) atoms. The third kappa shape index (κ3) is 5.62. The van der Waals surface area contributed by atoms with E-state index in [1.807, 2.05) is 38.3 Å². The molecule has 2 N–H and O–H groups in total. The lowest BCUT2D eigenvalue weighted by molar-refractivity contribution is -0.121. The molecule has 1 aliphatic heterocycles. The number of nitrogens with zero attached hydrogens (tertiary/aromatic N) is 4. The Balaban J connectivity index is 1.85. The number of anilines is 1. The molecule has 0 saturated carbocycles. The molecule has 1 amide bonds. The molecule has 0 atom stereocenters. The van der Waals surface area contributed by atoms with E-state index in [1.54, 1.807) is 7.05 Å². The second-order valence-corrected chi connectivity index (χ2v) is 6.63. The highest BCUT2D eigenvalue weighted by molar-refractivity contribution is 5.80. The lowest BCUT2D eigenvalue weighted by atomic mass is 9.93. The van der Waals surface area contributed by atoms with Gasteiger partial charge in [-0.15, -0.1) is 0 Å². The number of aromatic nitrogens is 1. The predicted molar refractivity (Wildman–Crippen MR) is 102 cm³/mol. The monoisotopic (exact) mass is 346 g/mol. The minimum atomic E-state index is 0.135. The summed E-state index contributed by atoms with van der Waals surface area (Å²) in [5, 5.41) is 6.15. The van der Waals surface area contributed by atoms with Gasteiger partial charge in [0.15, 0.2) is 5.96 Å². The summed E-state index contributed by atoms with van der Waals surface area (Å²) in [4.78, 5) is 24.5. The Morgan fingerprint density at radius 1 is 1.40 bits per heavy atom. The highest BCUT2D eigenvalue weighted by Gasteiger charge is 2.22. The van der Waals surface area contributed by atoms with Crippen molar-refractivity contribution in [2.24, 2.45) is 10.9 Å². The Morgan fingerprint density at radius 3 is 2.72 bits per heavy atom. The first kappa shape index (κ1) is 19.0. The minimum absolute atomic E-state index is 0.135. The fourth-order valence-corrected chi connectivity index (χ4v) is 3.04. The van der Waals surface area contributed by atoms with Crippen LogP contribution in [-0.4, -0.2) is 63.0 Å². The van der Waals surface area contributed by atoms with Crippen LogP contribution >= 0.6 is 0 Å². The summed E-state index contributed by atoms with van der Waals surface area (Å²) >= 11 is 0. The van der Waals surface area contributed by atoms with E-state index in [1.165, 1.54) is 5.56 Å². The standard InChI is InChI=1S/C18H30N6O/c1-19-17(25)12-14-6-9-24(10-7-14)18(20-2)22-13-15-5-8-21-16(11-15)23(3)4/h5,8,11,14H,6-7,9-10,12-13H2,1-4H3,(H,19,25)(H,20,22). The van der Waals surface area contributed by atoms with Crippen molar-refractivity contribution in [2.75, 3.05) is 46.2 Å². The van der Waals surface area contributed by atoms with Gasteiger partial charge in [0, 0.05) is 60.4 Å². The van der Waals surface area contributed by atoms with Gasteiger partial charge in [-0.1, -0.05) is 0 Å². The number of hydrogen-bond donors (Lipinski definition) is 2. The van der Waals surface area contributed by atoms with Gasteiger partial charge in [-0.25, -0.2) is 4.98 Å². The van der Waals surface area contributed by atoms with E-state index in [4.69, 9.17) is 0 Å². The molecule has 0 unspecified atom stereocenters. The highest BCUT2D eigenvalue weighted by atomic mass is 16.1. The number of amides is 1. The van der Waals surface area contributed by atoms with Crippen molar-refractivity contribution in [3.63, 3.8) is 0 Å². The highest BCUT2D eigenvalue weighted by Crippen LogP contribution is 2.20. The van der Waals surface area contributed by atoms with Gasteiger partial charge in [0.25, 0.3) is 0 Å². The Morgan fingerprint density at radius 2 is 2.12 bits per heavy atom. The molecule has 0 aromatic carbocycles. The number of pyridine rings is 1. The zero-order valence-corrected chi connectivity index (χ0v) is 15.7. The topological polar surface area (TPSA) is 72.9 Å². The second kappa shape index (κ2) is 9.25. The third-order valence-corrected chi connectivity index (χ3v) is 4.60. The van der Waals surface area contributed by atoms with Gasteiger partial charge in [0.2, 0.25) is 5.91 Å². The third-order valence-electron chi connectivity index (χ3n) is 4.60. The van der Waals surface area contributed by atoms with E-state index >= 15 is 0 Å². The molecule has 7 heteroatoms. The van der Waals surface area contributed by atoms with Gasteiger partial charge in [0.05, 0.1) is 0 Å². The summed E-state index contributed by atoms with van der Waals surface area (Å²) in [6.07, 6.45) is 4.50. The number of carbonyl (C=O) groups is 1. The zero-order chi connectivity index (χ0) is 18.2. The van der Waals surface area contributed by atoms with Crippen molar-refractivity contribution in [2.45, 2.75) is 25.8 Å². The number of likely N-dealkylation sites (tertiary alicyclic amines) is 1. The van der Waals surface area contributed by atoms with Crippen LogP contribution in [0.25, 0.3) is 0 Å². The van der Waals surface area contributed by atoms with E-state index < -0.39 is 0 Å². The summed E-state index contributed by atoms with van der Waals surface area (Å²) in [5.74, 6) is 2.47. The molecule has 138 valence electrons. The number of hydrogen-bond acceptors (Lipinski definition) is 4. The average Bonchev–Trinajstić information content (AvgIpc) is 2.63. The predicted octanol–water partition coefficient (Wildman–Crippen LogP) is 1.07. The molecule has 0 aliphatic carbocycles. The molecule has 1 aliphatic rings. The molecule has 7 nitrogen and oxygen atoms in total. The summed E-state index contributed by atoms with van der Waals surface area (Å²) in [7, 11) is 7.49. The summed E-state index contributed by atoms with van der Waals surface area (Å²) in [6.45, 7) is 2.58. The van der Waals surface area contributed by atoms with Gasteiger partial charge >= 0.3 is 0 Å². The Bertz CT molecular complexity index is 593. The van der Waals surface area contributed by atoms with E-state index in [9.17, 15) is 4.79 Å². The molecule has 1 aromatic heterocycles. The van der Waals surface area contributed by atoms with E-state index in [0.717, 1.165) is 37.7 Å². The van der Waals surface area contributed by atoms with Gasteiger partial charge in [-0.05, 0) is 36.5 Å². The Kier molecular flexibility index (Phi) is 7.03. The number of piperidine rings is 1. The van der Waals surface area contributed by atoms with E-state index in [0.29, 0.717) is 18.9 Å². The van der Waals surface area contributed by atoms with Gasteiger partial charge < -0.3 is 20.4 Å². The minimum Gasteiger partial charge on any atom is -0.363 e. The number of carbonyl (C=O) groups excluding carboxylic acids is 1. The van der Waals surface area contributed by atoms with E-state index in [-0.39, 0.29) is 5.91 Å². The van der Waals surface area contributed by atoms with Crippen LogP contribution in [0.4, 0.5) is 5.82 Å². The number of guanidine groups is 1. The van der Waals surface area contributed by atoms with Crippen LogP contribution in [0.2, 0.25) is 0 Å². The maximum absolute atomic E-state index is 11.5. The molecule has 0 bridgehead atoms. The lowest BCUT2D eigenvalue weighted by Gasteiger charge is -2.34. The largest absolute Gasteiger partial charge is 0.363 e. The molecule has 2 heterocycles. The maximum atomic E-state index is 11.5. The van der Waals surface area contributed by atoms with Crippen molar-refractivity contribution in [1.29, 1.82) is 0 Å². The zero-order valence-electron chi connectivity index (χ0n) is 15.7. The number of aliphatic imine (C=N–C) groups is 1. The van der Waals surface area contributed by atoms with Crippen LogP contribution in [0.15, 0.2) is 23.3 Å². The molecular formula is C18H30N6O. The van der Waals surface area contributed by atoms with Crippen molar-refractivity contribution >= 4 is 17.7 Å². The van der Waals surface area contributed by atoms with E-state index in [2.05, 4.69) is 31.6 Å². The Hall–Kier alpha value is -2.31. The summed E-state index contributed by atoms with van der Waals surface area (Å²) in [5.41, 5.74) is 1.18. The lowest BCUT2D eigenvalue weighted by Crippen LogP contribution is -2.45. The second-order valence-electron chi connectivity index (χ2n) is 6.63. The summed E-state index contributed by atoms with van der Waals surface area (Å²) in [6, 6.07) is 4.10. The first-order valence-electron chi connectivity index (χ1n) is 8.82. The van der Waals surface area contributed by atoms with Crippen LogP contribution in [0, 0.1) is 5.92 Å². The molecule has 0 spiro atoms. The SMILES string of the molecule is CN=C(NCc1ccnc(N(C)C)c1)N1CCC(CC(=O)NC)CC1. The van der Waals surface area contributed by atoms with Crippen LogP contribution in [-0.2, 0) is 11.3 Å². The summed E-state index contributed by atoms with van der Waals surface area (Å²) < 4.78 is 0. The molecule has 2 rings (SSSR count). The van der Waals surface area contributed by atoms with Crippen LogP contribution in [0.3, 0.4) is 0 Å². The molecule has 1 fully saturated rings. The normalized spacial score (nSPS) is 15.8. The van der Waals surface area contributed by atoms with Crippen molar-refractivity contribution < 1.29 is 4.79 Å². The first-order chi connectivity index (χ1) is 12.0. The number of nitrogens with one attached hydrogen (secondary N) is 2. The average molecular weight is 346 g/mol. The molecule has 1 aromatic rings. The van der Waals surface area contributed by atoms with Crippen molar-refractivity contribution in [3.05, 3.63) is 23.9 Å². The van der Waals surface area contributed by atoms with Gasteiger partial charge in [-0.2, -0.15) is 0 Å². The van der Waals surface area contributed by atoms with Crippen LogP contribution < -0.4 is 15.5 Å². The van der Waals surface area contributed by atoms with Crippen LogP contribution in [0.1, 0.15) is 24.8 Å². The van der Waals surface area contributed by atoms with Gasteiger partial charge in [0.1, 0.15) is 5.82 Å². The van der Waals surface area contributed by atoms with Crippen LogP contribution in [0.5, 0.6) is 0 Å². The fourth-order valence-electron chi connectivity index (χ4n) is 3.04. The van der Waals surface area contributed by atoms with Gasteiger partial charge in [-0.3, -0.25) is 9.79 Å². The smallest absolute Gasteiger partial charge is 0.220 e. The maximum Gasteiger partial charge on any atom is 0.220 e. The first-order valence-corrected chi connectivity index (χ1v) is 8.82. The van der Waals surface area contributed by atoms with Crippen molar-refractivity contribution in [3.8, 4) is 0 Å². The fraction of sp³-hybridized carbons (Fsp3) is 0.611. The Labute approximate surface area is 150 Å². The quantitative estimate of drug-likeness (QED) is 0.616. The number of rotatable bonds is 5. The van der Waals surface area contributed by atoms with Crippen molar-refractivity contribution in [1.82, 2.24) is 20.5 Å².